The summed E-state index contributed by atoms with van der Waals surface area (Å²) in [5, 5.41) is 0. The molecule has 0 spiro atoms. The Bertz CT molecular complexity index is 892. The van der Waals surface area contributed by atoms with E-state index in [1.54, 1.807) is 11.3 Å². The third-order valence-electron chi connectivity index (χ3n) is 3.02. The summed E-state index contributed by atoms with van der Waals surface area (Å²) in [6.45, 7) is 12.0. The molecule has 0 amide bonds. The summed E-state index contributed by atoms with van der Waals surface area (Å²) in [7, 11) is -3.83. The zero-order valence-electron chi connectivity index (χ0n) is 15.0. The van der Waals surface area contributed by atoms with Crippen LogP contribution in [0.5, 0.6) is 0 Å². The summed E-state index contributed by atoms with van der Waals surface area (Å²) in [6.07, 6.45) is 0. The van der Waals surface area contributed by atoms with Crippen molar-refractivity contribution in [1.29, 1.82) is 0 Å². The van der Waals surface area contributed by atoms with E-state index in [-0.39, 0.29) is 11.9 Å². The number of carbonyl (C=O) groups excluding carboxylic acids is 2. The molecular weight excluding hydrogens is 409 g/mol. The second-order valence-corrected chi connectivity index (χ2v) is 19.8. The smallest absolute Gasteiger partial charge is 0.335 e. The first-order valence-electron chi connectivity index (χ1n) is 7.85. The maximum Gasteiger partial charge on any atom is 0.335 e. The molecule has 0 bridgehead atoms. The lowest BCUT2D eigenvalue weighted by Gasteiger charge is -2.16. The molecule has 0 saturated heterocycles. The van der Waals surface area contributed by atoms with Crippen LogP contribution in [0.25, 0.3) is 18.8 Å². The maximum absolute atomic E-state index is 12.3. The minimum atomic E-state index is -1.91. The van der Waals surface area contributed by atoms with E-state index in [1.807, 2.05) is 51.4 Å². The van der Waals surface area contributed by atoms with Crippen LogP contribution < -0.4 is 0 Å². The van der Waals surface area contributed by atoms with Crippen LogP contribution in [0.3, 0.4) is 0 Å². The number of rotatable bonds is 4. The molecule has 0 aliphatic rings. The minimum Gasteiger partial charge on any atom is -0.516 e. The van der Waals surface area contributed by atoms with Crippen molar-refractivity contribution in [3.63, 3.8) is 0 Å². The van der Waals surface area contributed by atoms with E-state index in [4.69, 9.17) is 8.85 Å². The molecule has 3 aromatic heterocycles. The fraction of sp³-hybridized carbons (Fsp3) is 0.375. The molecule has 3 heterocycles. The standard InChI is InChI=1S/C16H20O4S3Si2/c1-24(2,3)19-15(17)11-7-9-13(22-11)14-10(21-9)8-12(23-14)16(18)20-25(4,5)6/h7-8H,1-6H3. The van der Waals surface area contributed by atoms with Gasteiger partial charge in [-0.3, -0.25) is 0 Å². The van der Waals surface area contributed by atoms with Crippen LogP contribution in [0.1, 0.15) is 19.3 Å². The van der Waals surface area contributed by atoms with Crippen molar-refractivity contribution < 1.29 is 18.4 Å². The number of carbonyl (C=O) groups is 2. The SMILES string of the molecule is C[Si](C)(C)OC(=O)c1cc2sc3cc(C(=O)O[Si](C)(C)C)sc3c2s1. The number of hydrogen-bond donors (Lipinski definition) is 0. The number of thiophene rings is 3. The Morgan fingerprint density at radius 3 is 1.40 bits per heavy atom. The summed E-state index contributed by atoms with van der Waals surface area (Å²) in [5.74, 6) is -0.480. The van der Waals surface area contributed by atoms with Gasteiger partial charge in [0.05, 0.1) is 9.40 Å². The number of hydrogen-bond acceptors (Lipinski definition) is 7. The van der Waals surface area contributed by atoms with Gasteiger partial charge in [-0.1, -0.05) is 0 Å². The molecule has 0 aliphatic carbocycles. The van der Waals surface area contributed by atoms with E-state index < -0.39 is 16.6 Å². The van der Waals surface area contributed by atoms with Crippen molar-refractivity contribution in [1.82, 2.24) is 0 Å². The van der Waals surface area contributed by atoms with Gasteiger partial charge in [0.1, 0.15) is 9.75 Å². The van der Waals surface area contributed by atoms with Crippen LogP contribution >= 0.6 is 34.0 Å². The third-order valence-corrected chi connectivity index (χ3v) is 8.35. The van der Waals surface area contributed by atoms with Gasteiger partial charge in [-0.25, -0.2) is 9.59 Å². The van der Waals surface area contributed by atoms with Crippen molar-refractivity contribution >= 4 is 81.4 Å². The van der Waals surface area contributed by atoms with Gasteiger partial charge in [-0.15, -0.1) is 34.0 Å². The molecule has 0 radical (unpaired) electrons. The van der Waals surface area contributed by atoms with E-state index in [2.05, 4.69) is 0 Å². The lowest BCUT2D eigenvalue weighted by molar-refractivity contribution is 0.0719. The van der Waals surface area contributed by atoms with Gasteiger partial charge >= 0.3 is 11.9 Å². The molecular formula is C16H20O4S3Si2. The van der Waals surface area contributed by atoms with Gasteiger partial charge in [0.25, 0.3) is 0 Å². The highest BCUT2D eigenvalue weighted by Crippen LogP contribution is 2.44. The van der Waals surface area contributed by atoms with Crippen molar-refractivity contribution in [2.24, 2.45) is 0 Å². The first-order chi connectivity index (χ1) is 11.4. The molecule has 3 rings (SSSR count). The minimum absolute atomic E-state index is 0.240. The van der Waals surface area contributed by atoms with Crippen LogP contribution in [0.2, 0.25) is 39.3 Å². The van der Waals surface area contributed by atoms with E-state index in [9.17, 15) is 9.59 Å². The Hall–Kier alpha value is -1.01. The second kappa shape index (κ2) is 6.31. The van der Waals surface area contributed by atoms with Gasteiger partial charge in [0, 0.05) is 9.40 Å². The van der Waals surface area contributed by atoms with Gasteiger partial charge in [-0.2, -0.15) is 0 Å². The summed E-state index contributed by atoms with van der Waals surface area (Å²) < 4.78 is 15.4. The van der Waals surface area contributed by atoms with Crippen molar-refractivity contribution in [2.75, 3.05) is 0 Å². The quantitative estimate of drug-likeness (QED) is 0.467. The zero-order valence-corrected chi connectivity index (χ0v) is 19.5. The molecule has 9 heteroatoms. The van der Waals surface area contributed by atoms with E-state index in [0.717, 1.165) is 18.8 Å². The average Bonchev–Trinajstić information content (AvgIpc) is 3.03. The number of fused-ring (bicyclic) bond motifs is 3. The fourth-order valence-corrected chi connectivity index (χ4v) is 7.45. The molecule has 3 aromatic rings. The lowest BCUT2D eigenvalue weighted by Crippen LogP contribution is -2.28. The first kappa shape index (κ1) is 18.8. The fourth-order valence-electron chi connectivity index (χ4n) is 2.19. The largest absolute Gasteiger partial charge is 0.516 e. The summed E-state index contributed by atoms with van der Waals surface area (Å²) in [6, 6.07) is 3.81. The van der Waals surface area contributed by atoms with Gasteiger partial charge in [0.2, 0.25) is 16.6 Å². The zero-order chi connectivity index (χ0) is 18.6. The Labute approximate surface area is 160 Å². The Balaban J connectivity index is 1.93. The van der Waals surface area contributed by atoms with Crippen LogP contribution in [0.15, 0.2) is 12.1 Å². The Morgan fingerprint density at radius 1 is 0.720 bits per heavy atom. The lowest BCUT2D eigenvalue weighted by atomic mass is 10.4. The molecule has 134 valence electrons. The van der Waals surface area contributed by atoms with Crippen LogP contribution in [-0.4, -0.2) is 28.6 Å². The van der Waals surface area contributed by atoms with Crippen molar-refractivity contribution in [2.45, 2.75) is 39.3 Å². The third kappa shape index (κ3) is 4.22. The highest BCUT2D eigenvalue weighted by molar-refractivity contribution is 7.39. The molecule has 0 saturated carbocycles. The van der Waals surface area contributed by atoms with Crippen LogP contribution in [0.4, 0.5) is 0 Å². The van der Waals surface area contributed by atoms with Crippen LogP contribution in [0, 0.1) is 0 Å². The predicted molar refractivity (Wildman–Crippen MR) is 113 cm³/mol. The molecule has 0 unspecified atom stereocenters. The van der Waals surface area contributed by atoms with E-state index in [0.29, 0.717) is 9.75 Å². The Kier molecular flexibility index (Phi) is 4.74. The molecule has 0 N–H and O–H groups in total. The maximum atomic E-state index is 12.3. The summed E-state index contributed by atoms with van der Waals surface area (Å²) in [5.41, 5.74) is 0. The highest BCUT2D eigenvalue weighted by Gasteiger charge is 2.26. The molecule has 25 heavy (non-hydrogen) atoms. The molecule has 0 aliphatic heterocycles. The van der Waals surface area contributed by atoms with Crippen LogP contribution in [-0.2, 0) is 8.85 Å². The topological polar surface area (TPSA) is 52.6 Å². The van der Waals surface area contributed by atoms with Crippen molar-refractivity contribution in [3.8, 4) is 0 Å². The molecule has 4 nitrogen and oxygen atoms in total. The van der Waals surface area contributed by atoms with Gasteiger partial charge in [-0.05, 0) is 51.4 Å². The molecule has 0 atom stereocenters. The van der Waals surface area contributed by atoms with E-state index >= 15 is 0 Å². The normalized spacial score (nSPS) is 12.7. The summed E-state index contributed by atoms with van der Waals surface area (Å²) >= 11 is 4.49. The summed E-state index contributed by atoms with van der Waals surface area (Å²) in [4.78, 5) is 25.9. The second-order valence-electron chi connectivity index (χ2n) is 7.71. The predicted octanol–water partition coefficient (Wildman–Crippen LogP) is 6.16. The average molecular weight is 429 g/mol. The first-order valence-corrected chi connectivity index (χ1v) is 17.1. The van der Waals surface area contributed by atoms with Gasteiger partial charge < -0.3 is 8.85 Å². The highest BCUT2D eigenvalue weighted by atomic mass is 32.1. The molecule has 0 fully saturated rings. The van der Waals surface area contributed by atoms with Crippen molar-refractivity contribution in [3.05, 3.63) is 21.9 Å². The molecule has 0 aromatic carbocycles. The van der Waals surface area contributed by atoms with Gasteiger partial charge in [0.15, 0.2) is 0 Å². The van der Waals surface area contributed by atoms with E-state index in [1.165, 1.54) is 22.7 Å². The Morgan fingerprint density at radius 2 is 1.08 bits per heavy atom. The monoisotopic (exact) mass is 428 g/mol.